The van der Waals surface area contributed by atoms with E-state index in [0.717, 1.165) is 0 Å². The number of hydrogen-bond donors (Lipinski definition) is 8. The van der Waals surface area contributed by atoms with Gasteiger partial charge in [0.1, 0.15) is 13.2 Å². The summed E-state index contributed by atoms with van der Waals surface area (Å²) in [4.78, 5) is 35.0. The Morgan fingerprint density at radius 3 is 1.26 bits per heavy atom. The average molecular weight is 469 g/mol. The summed E-state index contributed by atoms with van der Waals surface area (Å²) in [6.45, 7) is -0.559. The molecule has 0 aliphatic carbocycles. The molecule has 2 atom stereocenters. The molecule has 0 amide bonds. The molecule has 0 saturated heterocycles. The van der Waals surface area contributed by atoms with Crippen LogP contribution in [0.25, 0.3) is 0 Å². The van der Waals surface area contributed by atoms with Gasteiger partial charge in [-0.1, -0.05) is 0 Å². The minimum atomic E-state index is -4.91. The molecular weight excluding hydrogens is 441 g/mol. The van der Waals surface area contributed by atoms with Gasteiger partial charge in [-0.15, -0.1) is 9.05 Å². The molecule has 0 aromatic rings. The van der Waals surface area contributed by atoms with Gasteiger partial charge in [-0.3, -0.25) is 20.6 Å². The van der Waals surface area contributed by atoms with Crippen molar-refractivity contribution in [1.82, 2.24) is 0 Å². The van der Waals surface area contributed by atoms with E-state index in [1.165, 1.54) is 0 Å². The molecule has 168 valence electrons. The Bertz CT molecular complexity index is 472. The van der Waals surface area contributed by atoms with E-state index < -0.39 is 47.2 Å². The van der Waals surface area contributed by atoms with Gasteiger partial charge < -0.3 is 46.2 Å². The highest BCUT2D eigenvalue weighted by Gasteiger charge is 2.42. The van der Waals surface area contributed by atoms with Crippen LogP contribution in [0.3, 0.4) is 0 Å². The Labute approximate surface area is 154 Å². The van der Waals surface area contributed by atoms with Gasteiger partial charge in [-0.2, -0.15) is 0 Å². The number of hydrogen-bond acceptors (Lipinski definition) is 9. The molecule has 0 fully saturated rings. The first kappa shape index (κ1) is 34.5. The fraction of sp³-hybridized carbons (Fsp3) is 1.00. The Balaban J connectivity index is -0.000000882. The monoisotopic (exact) mass is 469 g/mol. The van der Waals surface area contributed by atoms with Crippen molar-refractivity contribution in [2.24, 2.45) is 11.5 Å². The zero-order chi connectivity index (χ0) is 19.2. The molecule has 0 aliphatic rings. The van der Waals surface area contributed by atoms with Crippen molar-refractivity contribution >= 4 is 23.4 Å². The first-order valence-electron chi connectivity index (χ1n) is 6.47. The Morgan fingerprint density at radius 2 is 1.04 bits per heavy atom. The van der Waals surface area contributed by atoms with Crippen LogP contribution in [-0.4, -0.2) is 70.4 Å². The maximum absolute atomic E-state index is 11.3. The third-order valence-electron chi connectivity index (χ3n) is 2.78. The third-order valence-corrected chi connectivity index (χ3v) is 6.03. The number of nitrogens with two attached hydrogens (primary N) is 2. The van der Waals surface area contributed by atoms with Gasteiger partial charge in [0.25, 0.3) is 0 Å². The molecule has 0 spiro atoms. The largest absolute Gasteiger partial charge is 0.697 e. The second-order valence-corrected chi connectivity index (χ2v) is 9.63. The maximum atomic E-state index is 11.3. The van der Waals surface area contributed by atoms with Crippen molar-refractivity contribution in [3.05, 3.63) is 0 Å². The van der Waals surface area contributed by atoms with E-state index in [2.05, 4.69) is 9.05 Å². The molecule has 16 nitrogen and oxygen atoms in total. The van der Waals surface area contributed by atoms with E-state index in [0.29, 0.717) is 0 Å². The molecule has 0 aromatic carbocycles. The predicted octanol–water partition coefficient (Wildman–Crippen LogP) is -3.67. The molecule has 0 heterocycles. The lowest BCUT2D eigenvalue weighted by Crippen LogP contribution is -2.39. The van der Waals surface area contributed by atoms with Gasteiger partial charge in [-0.25, -0.2) is 0 Å². The molecule has 2 unspecified atom stereocenters. The molecule has 0 bridgehead atoms. The standard InChI is InChI=1S/C8H21N2O11P3.3H2O/c9-7(11,23(14,15)16)3-1-5-20-22(13)21-6-2-4-8(10,12)24(17,18)19;;;/h11-12H,1-6,9-10H2,(H3-,14,15,16,17,18,19);3*1H2/p+1. The lowest BCUT2D eigenvalue weighted by Gasteiger charge is -2.23. The summed E-state index contributed by atoms with van der Waals surface area (Å²) in [6, 6.07) is 0. The van der Waals surface area contributed by atoms with Crippen molar-refractivity contribution in [2.75, 3.05) is 13.2 Å². The third kappa shape index (κ3) is 13.0. The molecule has 0 saturated carbocycles. The zero-order valence-electron chi connectivity index (χ0n) is 14.0. The van der Waals surface area contributed by atoms with Gasteiger partial charge in [-0.05, 0) is 12.8 Å². The van der Waals surface area contributed by atoms with E-state index >= 15 is 0 Å². The summed E-state index contributed by atoms with van der Waals surface area (Å²) in [5.74, 6) is 0. The highest BCUT2D eigenvalue weighted by Crippen LogP contribution is 2.48. The van der Waals surface area contributed by atoms with Gasteiger partial charge >= 0.3 is 23.4 Å². The topological polar surface area (TPSA) is 338 Å². The van der Waals surface area contributed by atoms with Crippen molar-refractivity contribution in [1.29, 1.82) is 0 Å². The van der Waals surface area contributed by atoms with Crippen LogP contribution < -0.4 is 11.5 Å². The van der Waals surface area contributed by atoms with Crippen LogP contribution in [0, 0.1) is 0 Å². The van der Waals surface area contributed by atoms with E-state index in [1.807, 2.05) is 0 Å². The average Bonchev–Trinajstić information content (AvgIpc) is 2.37. The summed E-state index contributed by atoms with van der Waals surface area (Å²) in [5, 5.41) is 18.6. The van der Waals surface area contributed by atoms with Gasteiger partial charge in [0, 0.05) is 17.4 Å². The van der Waals surface area contributed by atoms with E-state index in [1.54, 1.807) is 0 Å². The van der Waals surface area contributed by atoms with Crippen LogP contribution in [0.2, 0.25) is 0 Å². The van der Waals surface area contributed by atoms with Crippen LogP contribution in [0.15, 0.2) is 0 Å². The van der Waals surface area contributed by atoms with Crippen molar-refractivity contribution in [3.63, 3.8) is 0 Å². The molecular formula is C8H28N2O14P3+. The molecule has 19 heteroatoms. The zero-order valence-corrected chi connectivity index (χ0v) is 16.6. The summed E-state index contributed by atoms with van der Waals surface area (Å²) < 4.78 is 42.3. The summed E-state index contributed by atoms with van der Waals surface area (Å²) in [5.41, 5.74) is 4.61. The number of aliphatic hydroxyl groups is 2. The molecule has 0 rings (SSSR count). The van der Waals surface area contributed by atoms with E-state index in [4.69, 9.17) is 31.0 Å². The van der Waals surface area contributed by atoms with Crippen LogP contribution in [0.1, 0.15) is 25.7 Å². The van der Waals surface area contributed by atoms with E-state index in [9.17, 15) is 23.9 Å². The minimum Gasteiger partial charge on any atom is -0.412 e. The fourth-order valence-corrected chi connectivity index (χ4v) is 2.80. The van der Waals surface area contributed by atoms with Crippen molar-refractivity contribution in [2.45, 2.75) is 36.6 Å². The van der Waals surface area contributed by atoms with Crippen molar-refractivity contribution in [3.8, 4) is 0 Å². The van der Waals surface area contributed by atoms with Gasteiger partial charge in [0.2, 0.25) is 10.9 Å². The lowest BCUT2D eigenvalue weighted by molar-refractivity contribution is 0.0781. The Kier molecular flexibility index (Phi) is 17.0. The lowest BCUT2D eigenvalue weighted by atomic mass is 10.3. The SMILES string of the molecule is NC(O)(CCCO[P+](=O)OCCCC(N)(O)P(=O)(O)O)P(=O)(O)O.O.O.O. The normalized spacial score (nSPS) is 16.7. The smallest absolute Gasteiger partial charge is 0.412 e. The number of rotatable bonds is 12. The van der Waals surface area contributed by atoms with Crippen LogP contribution in [0.4, 0.5) is 0 Å². The highest BCUT2D eigenvalue weighted by atomic mass is 31.2. The van der Waals surface area contributed by atoms with E-state index in [-0.39, 0.29) is 42.5 Å². The summed E-state index contributed by atoms with van der Waals surface area (Å²) in [7, 11) is -12.4. The van der Waals surface area contributed by atoms with Crippen LogP contribution >= 0.6 is 23.4 Å². The van der Waals surface area contributed by atoms with Gasteiger partial charge in [0.05, 0.1) is 0 Å². The second-order valence-electron chi connectivity index (χ2n) is 4.94. The predicted molar refractivity (Wildman–Crippen MR) is 91.2 cm³/mol. The van der Waals surface area contributed by atoms with Crippen LogP contribution in [0.5, 0.6) is 0 Å². The van der Waals surface area contributed by atoms with Gasteiger partial charge in [0.15, 0.2) is 0 Å². The van der Waals surface area contributed by atoms with Crippen molar-refractivity contribution < 1.29 is 69.0 Å². The van der Waals surface area contributed by atoms with Crippen LogP contribution in [-0.2, 0) is 22.7 Å². The summed E-state index contributed by atoms with van der Waals surface area (Å²) in [6.07, 6.45) is -1.27. The first-order valence-corrected chi connectivity index (χ1v) is 10.8. The minimum absolute atomic E-state index is 0. The maximum Gasteiger partial charge on any atom is 0.697 e. The molecule has 0 aliphatic heterocycles. The Hall–Kier alpha value is 0.0400. The second kappa shape index (κ2) is 13.3. The molecule has 0 aromatic heterocycles. The molecule has 27 heavy (non-hydrogen) atoms. The fourth-order valence-electron chi connectivity index (χ4n) is 1.27. The summed E-state index contributed by atoms with van der Waals surface area (Å²) >= 11 is 0. The molecule has 0 radical (unpaired) electrons. The Morgan fingerprint density at radius 1 is 0.778 bits per heavy atom. The highest BCUT2D eigenvalue weighted by molar-refractivity contribution is 7.53. The first-order chi connectivity index (χ1) is 10.6. The quantitative estimate of drug-likeness (QED) is 0.0776. The molecule has 16 N–H and O–H groups in total.